The third kappa shape index (κ3) is 2.88. The number of aromatic nitrogens is 2. The number of carbonyl (C=O) groups excluding carboxylic acids is 1. The minimum Gasteiger partial charge on any atom is -0.497 e. The molecule has 0 atom stereocenters. The lowest BCUT2D eigenvalue weighted by atomic mass is 10.1. The maximum Gasteiger partial charge on any atom is 0.258 e. The summed E-state index contributed by atoms with van der Waals surface area (Å²) in [6.07, 6.45) is 0.707. The highest BCUT2D eigenvalue weighted by molar-refractivity contribution is 6.12. The Morgan fingerprint density at radius 1 is 1.30 bits per heavy atom. The molecule has 2 heterocycles. The van der Waals surface area contributed by atoms with Crippen LogP contribution in [-0.2, 0) is 6.42 Å². The van der Waals surface area contributed by atoms with Gasteiger partial charge in [-0.05, 0) is 43.7 Å². The number of ether oxygens (including phenoxy) is 1. The van der Waals surface area contributed by atoms with Gasteiger partial charge in [0.15, 0.2) is 0 Å². The van der Waals surface area contributed by atoms with E-state index in [4.69, 9.17) is 9.26 Å². The van der Waals surface area contributed by atoms with E-state index in [0.717, 1.165) is 11.4 Å². The molecule has 0 unspecified atom stereocenters. The van der Waals surface area contributed by atoms with Crippen molar-refractivity contribution in [1.29, 1.82) is 0 Å². The second kappa shape index (κ2) is 6.08. The molecule has 118 valence electrons. The first-order chi connectivity index (χ1) is 11.1. The van der Waals surface area contributed by atoms with Crippen LogP contribution < -0.4 is 10.1 Å². The molecule has 0 aliphatic heterocycles. The van der Waals surface area contributed by atoms with Gasteiger partial charge in [-0.1, -0.05) is 12.1 Å². The number of nitrogens with one attached hydrogen (secondary N) is 1. The van der Waals surface area contributed by atoms with E-state index in [1.807, 2.05) is 6.92 Å². The van der Waals surface area contributed by atoms with Crippen molar-refractivity contribution in [3.05, 3.63) is 47.3 Å². The highest BCUT2D eigenvalue weighted by Crippen LogP contribution is 2.24. The van der Waals surface area contributed by atoms with Crippen molar-refractivity contribution >= 4 is 22.7 Å². The Labute approximate surface area is 133 Å². The smallest absolute Gasteiger partial charge is 0.258 e. The van der Waals surface area contributed by atoms with E-state index in [9.17, 15) is 4.79 Å². The summed E-state index contributed by atoms with van der Waals surface area (Å²) in [7, 11) is 1.60. The van der Waals surface area contributed by atoms with E-state index in [1.165, 1.54) is 0 Å². The number of amides is 1. The zero-order valence-corrected chi connectivity index (χ0v) is 13.2. The summed E-state index contributed by atoms with van der Waals surface area (Å²) in [4.78, 5) is 17.0. The fraction of sp³-hybridized carbons (Fsp3) is 0.235. The molecule has 1 amide bonds. The summed E-state index contributed by atoms with van der Waals surface area (Å²) < 4.78 is 10.3. The number of anilines is 1. The third-order valence-corrected chi connectivity index (χ3v) is 3.62. The average molecular weight is 311 g/mol. The van der Waals surface area contributed by atoms with Gasteiger partial charge in [0.05, 0.1) is 23.8 Å². The Bertz CT molecular complexity index is 853. The Hall–Kier alpha value is -2.89. The molecular weight excluding hydrogens is 294 g/mol. The van der Waals surface area contributed by atoms with Crippen molar-refractivity contribution in [2.45, 2.75) is 20.3 Å². The molecule has 0 radical (unpaired) electrons. The van der Waals surface area contributed by atoms with Gasteiger partial charge in [0, 0.05) is 11.4 Å². The highest BCUT2D eigenvalue weighted by Gasteiger charge is 2.18. The van der Waals surface area contributed by atoms with E-state index < -0.39 is 0 Å². The zero-order chi connectivity index (χ0) is 16.4. The SMILES string of the molecule is CCc1cc(C(=O)Nc2ccc(OC)cc2)c2c(C)noc2n1. The minimum absolute atomic E-state index is 0.219. The van der Waals surface area contributed by atoms with Crippen LogP contribution >= 0.6 is 0 Å². The van der Waals surface area contributed by atoms with Gasteiger partial charge < -0.3 is 14.6 Å². The maximum absolute atomic E-state index is 12.7. The van der Waals surface area contributed by atoms with Crippen LogP contribution in [0.15, 0.2) is 34.9 Å². The van der Waals surface area contributed by atoms with Gasteiger partial charge in [0.2, 0.25) is 0 Å². The molecule has 0 fully saturated rings. The molecule has 23 heavy (non-hydrogen) atoms. The Morgan fingerprint density at radius 3 is 2.70 bits per heavy atom. The second-order valence-electron chi connectivity index (χ2n) is 5.15. The van der Waals surface area contributed by atoms with Gasteiger partial charge in [-0.25, -0.2) is 4.98 Å². The number of hydrogen-bond donors (Lipinski definition) is 1. The normalized spacial score (nSPS) is 10.7. The van der Waals surface area contributed by atoms with E-state index in [0.29, 0.717) is 34.5 Å². The largest absolute Gasteiger partial charge is 0.497 e. The molecule has 0 aliphatic rings. The summed E-state index contributed by atoms with van der Waals surface area (Å²) in [5.74, 6) is 0.515. The van der Waals surface area contributed by atoms with Gasteiger partial charge >= 0.3 is 0 Å². The number of nitrogens with zero attached hydrogens (tertiary/aromatic N) is 2. The summed E-state index contributed by atoms with van der Waals surface area (Å²) in [5.41, 5.74) is 3.03. The van der Waals surface area contributed by atoms with E-state index in [-0.39, 0.29) is 5.91 Å². The molecule has 0 saturated heterocycles. The van der Waals surface area contributed by atoms with Crippen LogP contribution in [0.4, 0.5) is 5.69 Å². The van der Waals surface area contributed by atoms with Gasteiger partial charge in [0.25, 0.3) is 11.6 Å². The van der Waals surface area contributed by atoms with Gasteiger partial charge in [-0.15, -0.1) is 0 Å². The number of hydrogen-bond acceptors (Lipinski definition) is 5. The fourth-order valence-electron chi connectivity index (χ4n) is 2.38. The molecule has 0 aliphatic carbocycles. The van der Waals surface area contributed by atoms with Crippen molar-refractivity contribution in [3.63, 3.8) is 0 Å². The van der Waals surface area contributed by atoms with Crippen LogP contribution in [-0.4, -0.2) is 23.2 Å². The van der Waals surface area contributed by atoms with Crippen LogP contribution in [0.1, 0.15) is 28.7 Å². The predicted molar refractivity (Wildman–Crippen MR) is 86.9 cm³/mol. The Kier molecular flexibility index (Phi) is 3.97. The summed E-state index contributed by atoms with van der Waals surface area (Å²) in [6.45, 7) is 3.77. The van der Waals surface area contributed by atoms with E-state index in [1.54, 1.807) is 44.4 Å². The molecule has 0 saturated carbocycles. The van der Waals surface area contributed by atoms with Crippen molar-refractivity contribution in [1.82, 2.24) is 10.1 Å². The number of pyridine rings is 1. The maximum atomic E-state index is 12.7. The van der Waals surface area contributed by atoms with Gasteiger partial charge in [-0.2, -0.15) is 0 Å². The molecule has 3 aromatic rings. The monoisotopic (exact) mass is 311 g/mol. The quantitative estimate of drug-likeness (QED) is 0.799. The molecule has 0 bridgehead atoms. The van der Waals surface area contributed by atoms with Crippen molar-refractivity contribution < 1.29 is 14.1 Å². The number of rotatable bonds is 4. The number of benzene rings is 1. The first kappa shape index (κ1) is 15.0. The molecule has 1 N–H and O–H groups in total. The van der Waals surface area contributed by atoms with Crippen molar-refractivity contribution in [3.8, 4) is 5.75 Å². The number of carbonyl (C=O) groups is 1. The molecular formula is C17H17N3O3. The van der Waals surface area contributed by atoms with Crippen LogP contribution in [0, 0.1) is 6.92 Å². The average Bonchev–Trinajstić information content (AvgIpc) is 2.95. The highest BCUT2D eigenvalue weighted by atomic mass is 16.5. The first-order valence-electron chi connectivity index (χ1n) is 7.33. The third-order valence-electron chi connectivity index (χ3n) is 3.62. The lowest BCUT2D eigenvalue weighted by molar-refractivity contribution is 0.102. The molecule has 0 spiro atoms. The first-order valence-corrected chi connectivity index (χ1v) is 7.33. The lowest BCUT2D eigenvalue weighted by Gasteiger charge is -2.08. The standard InChI is InChI=1S/C17H17N3O3/c1-4-11-9-14(15-10(2)20-23-17(15)19-11)16(21)18-12-5-7-13(22-3)8-6-12/h5-9H,4H2,1-3H3,(H,18,21). The fourth-order valence-corrected chi connectivity index (χ4v) is 2.38. The molecule has 6 nitrogen and oxygen atoms in total. The van der Waals surface area contributed by atoms with Crippen LogP contribution in [0.2, 0.25) is 0 Å². The number of fused-ring (bicyclic) bond motifs is 1. The predicted octanol–water partition coefficient (Wildman–Crippen LogP) is 3.35. The van der Waals surface area contributed by atoms with Crippen LogP contribution in [0.5, 0.6) is 5.75 Å². The topological polar surface area (TPSA) is 77.2 Å². The van der Waals surface area contributed by atoms with Gasteiger partial charge in [0.1, 0.15) is 5.75 Å². The van der Waals surface area contributed by atoms with Crippen LogP contribution in [0.25, 0.3) is 11.1 Å². The van der Waals surface area contributed by atoms with Crippen molar-refractivity contribution in [2.75, 3.05) is 12.4 Å². The minimum atomic E-state index is -0.219. The number of methoxy groups -OCH3 is 1. The Morgan fingerprint density at radius 2 is 2.04 bits per heavy atom. The van der Waals surface area contributed by atoms with Crippen molar-refractivity contribution in [2.24, 2.45) is 0 Å². The van der Waals surface area contributed by atoms with Crippen LogP contribution in [0.3, 0.4) is 0 Å². The van der Waals surface area contributed by atoms with Gasteiger partial charge in [-0.3, -0.25) is 4.79 Å². The summed E-state index contributed by atoms with van der Waals surface area (Å²) in [5, 5.41) is 7.43. The lowest BCUT2D eigenvalue weighted by Crippen LogP contribution is -2.13. The summed E-state index contributed by atoms with van der Waals surface area (Å²) >= 11 is 0. The van der Waals surface area contributed by atoms with E-state index >= 15 is 0 Å². The van der Waals surface area contributed by atoms with E-state index in [2.05, 4.69) is 15.5 Å². The number of aryl methyl sites for hydroxylation is 2. The Balaban J connectivity index is 1.97. The zero-order valence-electron chi connectivity index (χ0n) is 13.2. The molecule has 2 aromatic heterocycles. The second-order valence-corrected chi connectivity index (χ2v) is 5.15. The molecule has 6 heteroatoms. The molecule has 3 rings (SSSR count). The molecule has 1 aromatic carbocycles. The summed E-state index contributed by atoms with van der Waals surface area (Å²) in [6, 6.07) is 8.94.